The van der Waals surface area contributed by atoms with Crippen molar-refractivity contribution in [3.63, 3.8) is 0 Å². The molecule has 0 spiro atoms. The van der Waals surface area contributed by atoms with Crippen LogP contribution in [0, 0.1) is 0 Å². The van der Waals surface area contributed by atoms with Crippen molar-refractivity contribution in [2.75, 3.05) is 0 Å². The van der Waals surface area contributed by atoms with Crippen LogP contribution in [0.5, 0.6) is 0 Å². The molecule has 0 radical (unpaired) electrons. The van der Waals surface area contributed by atoms with Crippen molar-refractivity contribution in [3.8, 4) is 11.3 Å². The number of halogens is 1. The van der Waals surface area contributed by atoms with Gasteiger partial charge in [-0.3, -0.25) is 0 Å². The van der Waals surface area contributed by atoms with E-state index in [4.69, 9.17) is 5.73 Å². The molecule has 2 aromatic rings. The summed E-state index contributed by atoms with van der Waals surface area (Å²) >= 11 is 3.43. The lowest BCUT2D eigenvalue weighted by Gasteiger charge is -2.35. The molecule has 4 heteroatoms. The molecule has 1 saturated carbocycles. The van der Waals surface area contributed by atoms with Gasteiger partial charge in [0, 0.05) is 4.47 Å². The summed E-state index contributed by atoms with van der Waals surface area (Å²) in [6, 6.07) is 8.17. The summed E-state index contributed by atoms with van der Waals surface area (Å²) in [5.41, 5.74) is 8.19. The van der Waals surface area contributed by atoms with Crippen LogP contribution in [-0.4, -0.2) is 9.97 Å². The number of nitrogens with two attached hydrogens (primary N) is 1. The highest BCUT2D eigenvalue weighted by molar-refractivity contribution is 9.10. The Hall–Kier alpha value is -1.13. The lowest BCUT2D eigenvalue weighted by molar-refractivity contribution is 0.240. The van der Waals surface area contributed by atoms with Gasteiger partial charge in [-0.25, -0.2) is 4.98 Å². The standard InChI is InChI=1S/C13H14BrN3/c14-10-4-2-9(3-5-10)11-8-16-12(17-11)13(15)6-1-7-13/h2-5,8H,1,6-7,15H2,(H,16,17). The zero-order valence-electron chi connectivity index (χ0n) is 9.41. The monoisotopic (exact) mass is 291 g/mol. The second-order valence-corrected chi connectivity index (χ2v) is 5.58. The van der Waals surface area contributed by atoms with Gasteiger partial charge in [0.15, 0.2) is 0 Å². The van der Waals surface area contributed by atoms with Gasteiger partial charge in [-0.2, -0.15) is 0 Å². The number of hydrogen-bond acceptors (Lipinski definition) is 2. The van der Waals surface area contributed by atoms with E-state index in [9.17, 15) is 0 Å². The molecule has 3 nitrogen and oxygen atoms in total. The Kier molecular flexibility index (Phi) is 2.56. The molecule has 1 heterocycles. The van der Waals surface area contributed by atoms with Crippen LogP contribution in [-0.2, 0) is 5.54 Å². The van der Waals surface area contributed by atoms with E-state index in [1.54, 1.807) is 0 Å². The van der Waals surface area contributed by atoms with Crippen LogP contribution in [0.4, 0.5) is 0 Å². The number of nitrogens with one attached hydrogen (secondary N) is 1. The molecule has 1 aromatic carbocycles. The zero-order valence-corrected chi connectivity index (χ0v) is 11.0. The third kappa shape index (κ3) is 1.91. The topological polar surface area (TPSA) is 54.7 Å². The fourth-order valence-electron chi connectivity index (χ4n) is 2.14. The smallest absolute Gasteiger partial charge is 0.126 e. The van der Waals surface area contributed by atoms with E-state index in [0.29, 0.717) is 0 Å². The van der Waals surface area contributed by atoms with Gasteiger partial charge in [0.05, 0.1) is 17.4 Å². The second-order valence-electron chi connectivity index (χ2n) is 4.66. The fourth-order valence-corrected chi connectivity index (χ4v) is 2.41. The number of aromatic nitrogens is 2. The lowest BCUT2D eigenvalue weighted by atomic mass is 9.77. The van der Waals surface area contributed by atoms with Gasteiger partial charge >= 0.3 is 0 Å². The van der Waals surface area contributed by atoms with Crippen molar-refractivity contribution < 1.29 is 0 Å². The highest BCUT2D eigenvalue weighted by atomic mass is 79.9. The molecule has 1 aliphatic rings. The van der Waals surface area contributed by atoms with Crippen molar-refractivity contribution in [1.29, 1.82) is 0 Å². The quantitative estimate of drug-likeness (QED) is 0.893. The number of imidazole rings is 1. The number of aromatic amines is 1. The van der Waals surface area contributed by atoms with Crippen molar-refractivity contribution in [2.24, 2.45) is 5.73 Å². The van der Waals surface area contributed by atoms with E-state index in [1.165, 1.54) is 6.42 Å². The van der Waals surface area contributed by atoms with E-state index in [-0.39, 0.29) is 5.54 Å². The molecule has 0 atom stereocenters. The number of benzene rings is 1. The third-order valence-electron chi connectivity index (χ3n) is 3.45. The summed E-state index contributed by atoms with van der Waals surface area (Å²) in [7, 11) is 0. The Morgan fingerprint density at radius 3 is 2.53 bits per heavy atom. The van der Waals surface area contributed by atoms with Gasteiger partial charge in [-0.1, -0.05) is 28.1 Å². The fraction of sp³-hybridized carbons (Fsp3) is 0.308. The Morgan fingerprint density at radius 1 is 1.24 bits per heavy atom. The van der Waals surface area contributed by atoms with E-state index in [2.05, 4.69) is 38.0 Å². The number of nitrogens with zero attached hydrogens (tertiary/aromatic N) is 1. The molecular formula is C13H14BrN3. The van der Waals surface area contributed by atoms with Crippen LogP contribution < -0.4 is 5.73 Å². The van der Waals surface area contributed by atoms with Crippen LogP contribution in [0.3, 0.4) is 0 Å². The van der Waals surface area contributed by atoms with Crippen molar-refractivity contribution >= 4 is 15.9 Å². The Labute approximate surface area is 109 Å². The normalized spacial score (nSPS) is 17.8. The van der Waals surface area contributed by atoms with Crippen molar-refractivity contribution in [3.05, 3.63) is 40.8 Å². The summed E-state index contributed by atoms with van der Waals surface area (Å²) < 4.78 is 1.08. The molecule has 3 N–H and O–H groups in total. The first-order valence-corrected chi connectivity index (χ1v) is 6.57. The van der Waals surface area contributed by atoms with Crippen LogP contribution in [0.1, 0.15) is 25.1 Å². The summed E-state index contributed by atoms with van der Waals surface area (Å²) in [6.45, 7) is 0. The van der Waals surface area contributed by atoms with Crippen molar-refractivity contribution in [2.45, 2.75) is 24.8 Å². The van der Waals surface area contributed by atoms with Gasteiger partial charge in [-0.15, -0.1) is 0 Å². The largest absolute Gasteiger partial charge is 0.340 e. The summed E-state index contributed by atoms with van der Waals surface area (Å²) in [6.07, 6.45) is 5.12. The molecule has 0 bridgehead atoms. The average Bonchev–Trinajstić information content (AvgIpc) is 2.76. The maximum Gasteiger partial charge on any atom is 0.126 e. The number of rotatable bonds is 2. The van der Waals surface area contributed by atoms with E-state index in [1.807, 2.05) is 18.3 Å². The highest BCUT2D eigenvalue weighted by Crippen LogP contribution is 2.37. The predicted octanol–water partition coefficient (Wildman–Crippen LogP) is 3.18. The van der Waals surface area contributed by atoms with Crippen LogP contribution >= 0.6 is 15.9 Å². The number of hydrogen-bond donors (Lipinski definition) is 2. The first-order chi connectivity index (χ1) is 8.17. The maximum atomic E-state index is 6.24. The van der Waals surface area contributed by atoms with Crippen LogP contribution in [0.2, 0.25) is 0 Å². The molecule has 17 heavy (non-hydrogen) atoms. The Balaban J connectivity index is 1.92. The zero-order chi connectivity index (χ0) is 11.9. The molecule has 88 valence electrons. The van der Waals surface area contributed by atoms with Crippen molar-refractivity contribution in [1.82, 2.24) is 9.97 Å². The Bertz CT molecular complexity index is 526. The molecule has 1 fully saturated rings. The van der Waals surface area contributed by atoms with Gasteiger partial charge in [0.25, 0.3) is 0 Å². The molecule has 1 aromatic heterocycles. The average molecular weight is 292 g/mol. The molecule has 0 unspecified atom stereocenters. The maximum absolute atomic E-state index is 6.24. The van der Waals surface area contributed by atoms with Gasteiger partial charge < -0.3 is 10.7 Å². The minimum Gasteiger partial charge on any atom is -0.340 e. The molecule has 1 aliphatic carbocycles. The summed E-state index contributed by atoms with van der Waals surface area (Å²) in [5.74, 6) is 0.918. The first kappa shape index (κ1) is 11.0. The summed E-state index contributed by atoms with van der Waals surface area (Å²) in [5, 5.41) is 0. The van der Waals surface area contributed by atoms with Gasteiger partial charge in [0.1, 0.15) is 5.82 Å². The predicted molar refractivity (Wildman–Crippen MR) is 71.4 cm³/mol. The molecule has 3 rings (SSSR count). The molecular weight excluding hydrogens is 278 g/mol. The SMILES string of the molecule is NC1(c2ncc(-c3ccc(Br)cc3)[nH]2)CCC1. The Morgan fingerprint density at radius 2 is 1.94 bits per heavy atom. The summed E-state index contributed by atoms with van der Waals surface area (Å²) in [4.78, 5) is 7.76. The molecule has 0 saturated heterocycles. The third-order valence-corrected chi connectivity index (χ3v) is 3.98. The second kappa shape index (κ2) is 3.96. The van der Waals surface area contributed by atoms with E-state index in [0.717, 1.165) is 34.4 Å². The first-order valence-electron chi connectivity index (χ1n) is 5.78. The van der Waals surface area contributed by atoms with Crippen LogP contribution in [0.25, 0.3) is 11.3 Å². The minimum atomic E-state index is -0.215. The van der Waals surface area contributed by atoms with E-state index < -0.39 is 0 Å². The van der Waals surface area contributed by atoms with Gasteiger partial charge in [0.2, 0.25) is 0 Å². The lowest BCUT2D eigenvalue weighted by Crippen LogP contribution is -2.44. The van der Waals surface area contributed by atoms with E-state index >= 15 is 0 Å². The molecule has 0 aliphatic heterocycles. The highest BCUT2D eigenvalue weighted by Gasteiger charge is 2.37. The minimum absolute atomic E-state index is 0.215. The number of H-pyrrole nitrogens is 1. The van der Waals surface area contributed by atoms with Gasteiger partial charge in [-0.05, 0) is 37.0 Å². The van der Waals surface area contributed by atoms with Crippen LogP contribution in [0.15, 0.2) is 34.9 Å². The molecule has 0 amide bonds.